The lowest BCUT2D eigenvalue weighted by Gasteiger charge is -2.38. The lowest BCUT2D eigenvalue weighted by molar-refractivity contribution is -0.144. The Morgan fingerprint density at radius 1 is 0.905 bits per heavy atom. The number of rotatable bonds is 11. The highest BCUT2D eigenvalue weighted by Gasteiger charge is 2.39. The first-order valence-electron chi connectivity index (χ1n) is 14.3. The molecule has 3 rings (SSSR count). The summed E-state index contributed by atoms with van der Waals surface area (Å²) < 4.78 is 5.31. The largest absolute Gasteiger partial charge is 0.508 e. The van der Waals surface area contributed by atoms with Gasteiger partial charge in [-0.05, 0) is 75.4 Å². The van der Waals surface area contributed by atoms with Gasteiger partial charge in [-0.2, -0.15) is 0 Å². The van der Waals surface area contributed by atoms with E-state index in [4.69, 9.17) is 4.74 Å². The topological polar surface area (TPSA) is 128 Å². The van der Waals surface area contributed by atoms with Crippen LogP contribution in [0.25, 0.3) is 10.8 Å². The van der Waals surface area contributed by atoms with E-state index >= 15 is 0 Å². The summed E-state index contributed by atoms with van der Waals surface area (Å²) >= 11 is 0. The van der Waals surface area contributed by atoms with Crippen molar-refractivity contribution in [3.8, 4) is 5.75 Å². The monoisotopic (exact) mass is 577 g/mol. The Morgan fingerprint density at radius 2 is 1.55 bits per heavy atom. The number of alkyl carbamates (subject to hydrolysis) is 1. The molecule has 0 bridgehead atoms. The third kappa shape index (κ3) is 8.69. The molecule has 0 saturated carbocycles. The van der Waals surface area contributed by atoms with Crippen LogP contribution in [0.4, 0.5) is 10.5 Å². The minimum Gasteiger partial charge on any atom is -0.508 e. The van der Waals surface area contributed by atoms with Crippen LogP contribution in [0.1, 0.15) is 66.0 Å². The highest BCUT2D eigenvalue weighted by molar-refractivity contribution is 6.00. The van der Waals surface area contributed by atoms with Crippen molar-refractivity contribution in [2.75, 3.05) is 11.9 Å². The number of benzene rings is 3. The second-order valence-electron chi connectivity index (χ2n) is 12.0. The maximum absolute atomic E-state index is 14.2. The number of anilines is 1. The molecule has 0 aliphatic heterocycles. The lowest BCUT2D eigenvalue weighted by Crippen LogP contribution is -2.56. The molecule has 0 saturated heterocycles. The van der Waals surface area contributed by atoms with Crippen molar-refractivity contribution < 1.29 is 29.3 Å². The van der Waals surface area contributed by atoms with E-state index in [0.717, 1.165) is 17.2 Å². The van der Waals surface area contributed by atoms with E-state index in [0.29, 0.717) is 18.0 Å². The van der Waals surface area contributed by atoms with Gasteiger partial charge in [0.2, 0.25) is 5.91 Å². The molecule has 3 aromatic rings. The number of carbonyl (C=O) groups excluding carboxylic acids is 3. The number of para-hydroxylation sites is 1. The molecule has 0 aliphatic carbocycles. The number of nitrogens with zero attached hydrogens (tertiary/aromatic N) is 1. The molecule has 3 unspecified atom stereocenters. The molecule has 9 nitrogen and oxygen atoms in total. The van der Waals surface area contributed by atoms with Crippen LogP contribution >= 0.6 is 0 Å². The normalized spacial score (nSPS) is 13.7. The standard InChI is InChI=1S/C33H43N3O6/c1-21(2)15-16-22(3)36(31(40)27(20-37)35-32(41)42-33(4,5)6)29(26-13-9-10-14-28(26)38)30(39)34-25-18-17-23-11-7-8-12-24(23)19-25/h7-14,17-19,21-22,27,29,37-38H,15-16,20H2,1-6H3,(H,34,39)(H,35,41). The minimum absolute atomic E-state index is 0.161. The summed E-state index contributed by atoms with van der Waals surface area (Å²) in [6.45, 7) is 10.3. The zero-order valence-electron chi connectivity index (χ0n) is 25.3. The molecular weight excluding hydrogens is 534 g/mol. The van der Waals surface area contributed by atoms with Crippen molar-refractivity contribution in [2.24, 2.45) is 5.92 Å². The Hall–Kier alpha value is -4.11. The van der Waals surface area contributed by atoms with Crippen molar-refractivity contribution in [1.82, 2.24) is 10.2 Å². The number of aliphatic hydroxyl groups is 1. The second-order valence-corrected chi connectivity index (χ2v) is 12.0. The number of aromatic hydroxyl groups is 1. The van der Waals surface area contributed by atoms with E-state index in [9.17, 15) is 24.6 Å². The summed E-state index contributed by atoms with van der Waals surface area (Å²) in [6, 6.07) is 16.4. The highest BCUT2D eigenvalue weighted by atomic mass is 16.6. The predicted octanol–water partition coefficient (Wildman–Crippen LogP) is 5.76. The van der Waals surface area contributed by atoms with Crippen molar-refractivity contribution >= 4 is 34.4 Å². The summed E-state index contributed by atoms with van der Waals surface area (Å²) in [6.07, 6.45) is 0.430. The number of carbonyl (C=O) groups is 3. The Kier molecular flexibility index (Phi) is 10.9. The van der Waals surface area contributed by atoms with Crippen molar-refractivity contribution in [3.05, 3.63) is 72.3 Å². The van der Waals surface area contributed by atoms with Crippen molar-refractivity contribution in [1.29, 1.82) is 0 Å². The summed E-state index contributed by atoms with van der Waals surface area (Å²) in [4.78, 5) is 42.2. The predicted molar refractivity (Wildman–Crippen MR) is 164 cm³/mol. The zero-order chi connectivity index (χ0) is 31.0. The third-order valence-corrected chi connectivity index (χ3v) is 6.84. The van der Waals surface area contributed by atoms with Crippen molar-refractivity contribution in [3.63, 3.8) is 0 Å². The maximum atomic E-state index is 14.2. The average Bonchev–Trinajstić information content (AvgIpc) is 2.92. The molecule has 42 heavy (non-hydrogen) atoms. The lowest BCUT2D eigenvalue weighted by atomic mass is 9.96. The molecule has 0 fully saturated rings. The zero-order valence-corrected chi connectivity index (χ0v) is 25.3. The van der Waals surface area contributed by atoms with Gasteiger partial charge in [0.15, 0.2) is 0 Å². The molecule has 0 heterocycles. The van der Waals surface area contributed by atoms with Gasteiger partial charge in [0, 0.05) is 17.3 Å². The van der Waals surface area contributed by atoms with E-state index in [1.807, 2.05) is 43.3 Å². The quantitative estimate of drug-likeness (QED) is 0.229. The van der Waals surface area contributed by atoms with E-state index in [1.54, 1.807) is 45.0 Å². The number of fused-ring (bicyclic) bond motifs is 1. The fourth-order valence-electron chi connectivity index (χ4n) is 4.74. The first kappa shape index (κ1) is 32.4. The third-order valence-electron chi connectivity index (χ3n) is 6.84. The molecule has 9 heteroatoms. The number of nitrogens with one attached hydrogen (secondary N) is 2. The van der Waals surface area contributed by atoms with Gasteiger partial charge >= 0.3 is 6.09 Å². The number of aliphatic hydroxyl groups excluding tert-OH is 1. The summed E-state index contributed by atoms with van der Waals surface area (Å²) in [5, 5.41) is 28.4. The molecule has 0 aromatic heterocycles. The molecule has 4 N–H and O–H groups in total. The fourth-order valence-corrected chi connectivity index (χ4v) is 4.74. The molecule has 3 atom stereocenters. The number of phenols is 1. The van der Waals surface area contributed by atoms with Gasteiger partial charge in [-0.1, -0.05) is 62.4 Å². The first-order chi connectivity index (χ1) is 19.8. The Labute approximate surface area is 247 Å². The SMILES string of the molecule is CC(C)CCC(C)N(C(=O)C(CO)NC(=O)OC(C)(C)C)C(C(=O)Nc1ccc2ccccc2c1)c1ccccc1O. The summed E-state index contributed by atoms with van der Waals surface area (Å²) in [5.74, 6) is -1.06. The van der Waals surface area contributed by atoms with Crippen LogP contribution < -0.4 is 10.6 Å². The highest BCUT2D eigenvalue weighted by Crippen LogP contribution is 2.33. The van der Waals surface area contributed by atoms with Gasteiger partial charge in [0.25, 0.3) is 5.91 Å². The maximum Gasteiger partial charge on any atom is 0.408 e. The number of amides is 3. The molecule has 226 valence electrons. The smallest absolute Gasteiger partial charge is 0.408 e. The molecule has 0 spiro atoms. The average molecular weight is 578 g/mol. The Balaban J connectivity index is 2.06. The Morgan fingerprint density at radius 3 is 2.17 bits per heavy atom. The van der Waals surface area contributed by atoms with E-state index in [1.165, 1.54) is 11.0 Å². The van der Waals surface area contributed by atoms with E-state index in [2.05, 4.69) is 24.5 Å². The minimum atomic E-state index is -1.39. The van der Waals surface area contributed by atoms with Gasteiger partial charge in [0.05, 0.1) is 6.61 Å². The summed E-state index contributed by atoms with van der Waals surface area (Å²) in [7, 11) is 0. The van der Waals surface area contributed by atoms with Gasteiger partial charge in [0.1, 0.15) is 23.4 Å². The van der Waals surface area contributed by atoms with Crippen molar-refractivity contribution in [2.45, 2.75) is 78.1 Å². The molecule has 0 radical (unpaired) electrons. The van der Waals surface area contributed by atoms with E-state index < -0.39 is 48.2 Å². The van der Waals surface area contributed by atoms with Crippen LogP contribution in [-0.4, -0.2) is 57.3 Å². The van der Waals surface area contributed by atoms with Gasteiger partial charge in [-0.3, -0.25) is 9.59 Å². The van der Waals surface area contributed by atoms with Crippen LogP contribution in [0, 0.1) is 5.92 Å². The first-order valence-corrected chi connectivity index (χ1v) is 14.3. The molecule has 3 aromatic carbocycles. The number of ether oxygens (including phenoxy) is 1. The fraction of sp³-hybridized carbons (Fsp3) is 0.424. The van der Waals surface area contributed by atoms with Crippen LogP contribution in [0.3, 0.4) is 0 Å². The van der Waals surface area contributed by atoms with Crippen LogP contribution in [0.2, 0.25) is 0 Å². The second kappa shape index (κ2) is 14.2. The van der Waals surface area contributed by atoms with Crippen LogP contribution in [0.15, 0.2) is 66.7 Å². The van der Waals surface area contributed by atoms with Crippen LogP contribution in [-0.2, 0) is 14.3 Å². The van der Waals surface area contributed by atoms with Crippen LogP contribution in [0.5, 0.6) is 5.75 Å². The van der Waals surface area contributed by atoms with Gasteiger partial charge in [-0.15, -0.1) is 0 Å². The van der Waals surface area contributed by atoms with Gasteiger partial charge in [-0.25, -0.2) is 4.79 Å². The molecular formula is C33H43N3O6. The number of hydrogen-bond donors (Lipinski definition) is 4. The number of hydrogen-bond acceptors (Lipinski definition) is 6. The Bertz CT molecular complexity index is 1380. The number of phenolic OH excluding ortho intramolecular Hbond substituents is 1. The molecule has 0 aliphatic rings. The van der Waals surface area contributed by atoms with E-state index in [-0.39, 0.29) is 11.3 Å². The molecule has 3 amide bonds. The summed E-state index contributed by atoms with van der Waals surface area (Å²) in [5.41, 5.74) is -0.0865. The van der Waals surface area contributed by atoms with Gasteiger partial charge < -0.3 is 30.5 Å².